The van der Waals surface area contributed by atoms with Crippen LogP contribution >= 0.6 is 0 Å². The van der Waals surface area contributed by atoms with Crippen LogP contribution in [0.2, 0.25) is 0 Å². The molecule has 0 heterocycles. The summed E-state index contributed by atoms with van der Waals surface area (Å²) in [6, 6.07) is 8.32. The van der Waals surface area contributed by atoms with E-state index in [1.807, 2.05) is 18.2 Å². The quantitative estimate of drug-likeness (QED) is 0.734. The molecule has 0 saturated carbocycles. The molecule has 1 amide bonds. The normalized spacial score (nSPS) is 11.2. The molecule has 0 fully saturated rings. The molecule has 0 unspecified atom stereocenters. The summed E-state index contributed by atoms with van der Waals surface area (Å²) in [7, 11) is 3.51. The van der Waals surface area contributed by atoms with E-state index in [-0.39, 0.29) is 5.91 Å². The number of benzene rings is 1. The summed E-state index contributed by atoms with van der Waals surface area (Å²) < 4.78 is 0. The van der Waals surface area contributed by atoms with E-state index in [4.69, 9.17) is 0 Å². The molecule has 1 aromatic carbocycles. The fourth-order valence-corrected chi connectivity index (χ4v) is 1.82. The SMILES string of the molecule is CCN(CC)Cc1cccc(C=CC(=O)N(C)C)c1. The summed E-state index contributed by atoms with van der Waals surface area (Å²) >= 11 is 0. The van der Waals surface area contributed by atoms with E-state index in [9.17, 15) is 4.79 Å². The highest BCUT2D eigenvalue weighted by atomic mass is 16.2. The van der Waals surface area contributed by atoms with Crippen LogP contribution in [0.3, 0.4) is 0 Å². The van der Waals surface area contributed by atoms with Gasteiger partial charge in [0.05, 0.1) is 0 Å². The van der Waals surface area contributed by atoms with Crippen molar-refractivity contribution in [2.75, 3.05) is 27.2 Å². The largest absolute Gasteiger partial charge is 0.345 e. The van der Waals surface area contributed by atoms with Gasteiger partial charge in [-0.2, -0.15) is 0 Å². The molecule has 0 aliphatic carbocycles. The second-order valence-corrected chi connectivity index (χ2v) is 4.77. The van der Waals surface area contributed by atoms with Crippen LogP contribution in [0, 0.1) is 0 Å². The zero-order valence-electron chi connectivity index (χ0n) is 12.4. The lowest BCUT2D eigenvalue weighted by Crippen LogP contribution is -2.22. The van der Waals surface area contributed by atoms with Crippen molar-refractivity contribution in [2.45, 2.75) is 20.4 Å². The Bertz CT molecular complexity index is 434. The lowest BCUT2D eigenvalue weighted by atomic mass is 10.1. The average molecular weight is 260 g/mol. The van der Waals surface area contributed by atoms with Gasteiger partial charge in [-0.25, -0.2) is 0 Å². The van der Waals surface area contributed by atoms with Crippen LogP contribution in [0.4, 0.5) is 0 Å². The Hall–Kier alpha value is -1.61. The molecule has 19 heavy (non-hydrogen) atoms. The van der Waals surface area contributed by atoms with E-state index in [2.05, 4.69) is 30.9 Å². The van der Waals surface area contributed by atoms with Gasteiger partial charge in [0.15, 0.2) is 0 Å². The number of carbonyl (C=O) groups is 1. The molecular weight excluding hydrogens is 236 g/mol. The van der Waals surface area contributed by atoms with Crippen LogP contribution in [0.5, 0.6) is 0 Å². The monoisotopic (exact) mass is 260 g/mol. The molecule has 0 saturated heterocycles. The Morgan fingerprint density at radius 1 is 1.21 bits per heavy atom. The van der Waals surface area contributed by atoms with Crippen molar-refractivity contribution < 1.29 is 4.79 Å². The maximum Gasteiger partial charge on any atom is 0.246 e. The predicted octanol–water partition coefficient (Wildman–Crippen LogP) is 2.63. The van der Waals surface area contributed by atoms with E-state index in [0.29, 0.717) is 0 Å². The predicted molar refractivity (Wildman–Crippen MR) is 80.8 cm³/mol. The molecule has 0 aliphatic heterocycles. The standard InChI is InChI=1S/C16H24N2O/c1-5-18(6-2)13-15-9-7-8-14(12-15)10-11-16(19)17(3)4/h7-12H,5-6,13H2,1-4H3. The van der Waals surface area contributed by atoms with Gasteiger partial charge in [-0.1, -0.05) is 38.1 Å². The van der Waals surface area contributed by atoms with Crippen LogP contribution in [0.15, 0.2) is 30.3 Å². The molecule has 104 valence electrons. The van der Waals surface area contributed by atoms with E-state index >= 15 is 0 Å². The van der Waals surface area contributed by atoms with Crippen molar-refractivity contribution in [1.29, 1.82) is 0 Å². The van der Waals surface area contributed by atoms with Crippen molar-refractivity contribution in [3.63, 3.8) is 0 Å². The number of hydrogen-bond donors (Lipinski definition) is 0. The number of nitrogens with zero attached hydrogens (tertiary/aromatic N) is 2. The first-order chi connectivity index (χ1) is 9.06. The van der Waals surface area contributed by atoms with Crippen LogP contribution in [0.25, 0.3) is 6.08 Å². The number of carbonyl (C=O) groups excluding carboxylic acids is 1. The van der Waals surface area contributed by atoms with Gasteiger partial charge in [0.2, 0.25) is 5.91 Å². The van der Waals surface area contributed by atoms with Crippen molar-refractivity contribution in [3.8, 4) is 0 Å². The third-order valence-electron chi connectivity index (χ3n) is 3.11. The Kier molecular flexibility index (Phi) is 6.30. The Morgan fingerprint density at radius 3 is 2.47 bits per heavy atom. The number of likely N-dealkylation sites (N-methyl/N-ethyl adjacent to an activating group) is 1. The third kappa shape index (κ3) is 5.26. The van der Waals surface area contributed by atoms with Crippen molar-refractivity contribution in [1.82, 2.24) is 9.80 Å². The topological polar surface area (TPSA) is 23.6 Å². The van der Waals surface area contributed by atoms with Crippen molar-refractivity contribution in [3.05, 3.63) is 41.5 Å². The van der Waals surface area contributed by atoms with Crippen molar-refractivity contribution >= 4 is 12.0 Å². The van der Waals surface area contributed by atoms with E-state index in [1.54, 1.807) is 25.1 Å². The summed E-state index contributed by atoms with van der Waals surface area (Å²) in [6.45, 7) is 7.40. The molecule has 0 radical (unpaired) electrons. The lowest BCUT2D eigenvalue weighted by molar-refractivity contribution is -0.123. The zero-order valence-corrected chi connectivity index (χ0v) is 12.4. The smallest absolute Gasteiger partial charge is 0.246 e. The lowest BCUT2D eigenvalue weighted by Gasteiger charge is -2.18. The van der Waals surface area contributed by atoms with Crippen LogP contribution in [-0.2, 0) is 11.3 Å². The minimum atomic E-state index is 0.00847. The van der Waals surface area contributed by atoms with Gasteiger partial charge in [0.25, 0.3) is 0 Å². The molecule has 0 N–H and O–H groups in total. The number of rotatable bonds is 6. The molecule has 3 heteroatoms. The highest BCUT2D eigenvalue weighted by Gasteiger charge is 2.01. The molecule has 0 bridgehead atoms. The van der Waals surface area contributed by atoms with Gasteiger partial charge in [0.1, 0.15) is 0 Å². The summed E-state index contributed by atoms with van der Waals surface area (Å²) in [6.07, 6.45) is 3.48. The van der Waals surface area contributed by atoms with Crippen LogP contribution < -0.4 is 0 Å². The summed E-state index contributed by atoms with van der Waals surface area (Å²) in [5, 5.41) is 0. The van der Waals surface area contributed by atoms with Gasteiger partial charge < -0.3 is 4.90 Å². The van der Waals surface area contributed by atoms with Gasteiger partial charge in [-0.05, 0) is 30.3 Å². The minimum Gasteiger partial charge on any atom is -0.345 e. The Labute approximate surface area is 116 Å². The molecule has 0 spiro atoms. The fraction of sp³-hybridized carbons (Fsp3) is 0.438. The fourth-order valence-electron chi connectivity index (χ4n) is 1.82. The third-order valence-corrected chi connectivity index (χ3v) is 3.11. The Morgan fingerprint density at radius 2 is 1.89 bits per heavy atom. The molecule has 0 atom stereocenters. The Balaban J connectivity index is 2.74. The summed E-state index contributed by atoms with van der Waals surface area (Å²) in [5.74, 6) is 0.00847. The first-order valence-electron chi connectivity index (χ1n) is 6.77. The first-order valence-corrected chi connectivity index (χ1v) is 6.77. The molecule has 1 aromatic rings. The summed E-state index contributed by atoms with van der Waals surface area (Å²) in [5.41, 5.74) is 2.35. The number of hydrogen-bond acceptors (Lipinski definition) is 2. The van der Waals surface area contributed by atoms with Gasteiger partial charge in [-0.3, -0.25) is 9.69 Å². The number of amides is 1. The highest BCUT2D eigenvalue weighted by Crippen LogP contribution is 2.10. The van der Waals surface area contributed by atoms with E-state index in [0.717, 1.165) is 25.2 Å². The minimum absolute atomic E-state index is 0.00847. The van der Waals surface area contributed by atoms with Gasteiger partial charge in [-0.15, -0.1) is 0 Å². The second-order valence-electron chi connectivity index (χ2n) is 4.77. The van der Waals surface area contributed by atoms with Gasteiger partial charge >= 0.3 is 0 Å². The van der Waals surface area contributed by atoms with Crippen molar-refractivity contribution in [2.24, 2.45) is 0 Å². The van der Waals surface area contributed by atoms with Crippen LogP contribution in [-0.4, -0.2) is 42.9 Å². The highest BCUT2D eigenvalue weighted by molar-refractivity contribution is 5.91. The van der Waals surface area contributed by atoms with Crippen LogP contribution in [0.1, 0.15) is 25.0 Å². The second kappa shape index (κ2) is 7.74. The molecule has 0 aromatic heterocycles. The van der Waals surface area contributed by atoms with Gasteiger partial charge in [0, 0.05) is 26.7 Å². The summed E-state index contributed by atoms with van der Waals surface area (Å²) in [4.78, 5) is 15.4. The maximum atomic E-state index is 11.5. The molecule has 3 nitrogen and oxygen atoms in total. The first kappa shape index (κ1) is 15.4. The average Bonchev–Trinajstić information content (AvgIpc) is 2.42. The zero-order chi connectivity index (χ0) is 14.3. The van der Waals surface area contributed by atoms with E-state index < -0.39 is 0 Å². The molecular formula is C16H24N2O. The van der Waals surface area contributed by atoms with E-state index in [1.165, 1.54) is 5.56 Å². The maximum absolute atomic E-state index is 11.5. The molecule has 0 aliphatic rings. The molecule has 1 rings (SSSR count).